The third-order valence-electron chi connectivity index (χ3n) is 5.37. The first-order valence-electron chi connectivity index (χ1n) is 10.0. The molecule has 0 saturated carbocycles. The SMILES string of the molecule is CC(C)Cn1nc(C(=O)N2CCN(C)c3ccccc3C2)c2ccccc2c1=O. The minimum absolute atomic E-state index is 0.135. The van der Waals surface area contributed by atoms with Crippen molar-refractivity contribution in [2.24, 2.45) is 5.92 Å². The minimum Gasteiger partial charge on any atom is -0.373 e. The van der Waals surface area contributed by atoms with Crippen LogP contribution in [0.25, 0.3) is 10.8 Å². The maximum Gasteiger partial charge on any atom is 0.275 e. The molecule has 1 aromatic heterocycles. The van der Waals surface area contributed by atoms with Crippen molar-refractivity contribution >= 4 is 22.4 Å². The lowest BCUT2D eigenvalue weighted by atomic mass is 10.1. The number of carbonyl (C=O) groups is 1. The summed E-state index contributed by atoms with van der Waals surface area (Å²) in [6.45, 7) is 6.42. The molecule has 0 fully saturated rings. The zero-order valence-corrected chi connectivity index (χ0v) is 17.1. The Bertz CT molecular complexity index is 1120. The highest BCUT2D eigenvalue weighted by Crippen LogP contribution is 2.25. The van der Waals surface area contributed by atoms with E-state index in [0.717, 1.165) is 17.8 Å². The third kappa shape index (κ3) is 3.62. The Morgan fingerprint density at radius 2 is 1.72 bits per heavy atom. The fourth-order valence-corrected chi connectivity index (χ4v) is 3.88. The van der Waals surface area contributed by atoms with Crippen molar-refractivity contribution in [2.75, 3.05) is 25.0 Å². The molecule has 3 aromatic rings. The Labute approximate surface area is 170 Å². The van der Waals surface area contributed by atoms with Crippen molar-refractivity contribution in [3.63, 3.8) is 0 Å². The van der Waals surface area contributed by atoms with Gasteiger partial charge in [-0.25, -0.2) is 4.68 Å². The number of para-hydroxylation sites is 1. The van der Waals surface area contributed by atoms with Crippen molar-refractivity contribution in [1.82, 2.24) is 14.7 Å². The second kappa shape index (κ2) is 7.70. The molecule has 0 aliphatic carbocycles. The first-order chi connectivity index (χ1) is 14.0. The zero-order chi connectivity index (χ0) is 20.5. The molecule has 4 rings (SSSR count). The summed E-state index contributed by atoms with van der Waals surface area (Å²) in [6, 6.07) is 15.4. The van der Waals surface area contributed by atoms with Crippen LogP contribution in [0.5, 0.6) is 0 Å². The van der Waals surface area contributed by atoms with Gasteiger partial charge >= 0.3 is 0 Å². The van der Waals surface area contributed by atoms with Crippen molar-refractivity contribution in [3.8, 4) is 0 Å². The highest BCUT2D eigenvalue weighted by molar-refractivity contribution is 6.04. The smallest absolute Gasteiger partial charge is 0.275 e. The molecule has 150 valence electrons. The average molecular weight is 390 g/mol. The fraction of sp³-hybridized carbons (Fsp3) is 0.348. The molecule has 0 saturated heterocycles. The number of amides is 1. The summed E-state index contributed by atoms with van der Waals surface area (Å²) in [4.78, 5) is 30.4. The van der Waals surface area contributed by atoms with E-state index in [-0.39, 0.29) is 17.4 Å². The Morgan fingerprint density at radius 1 is 1.03 bits per heavy atom. The molecule has 0 unspecified atom stereocenters. The molecule has 0 N–H and O–H groups in total. The van der Waals surface area contributed by atoms with Crippen molar-refractivity contribution < 1.29 is 4.79 Å². The van der Waals surface area contributed by atoms with Gasteiger partial charge in [-0.05, 0) is 23.6 Å². The zero-order valence-electron chi connectivity index (χ0n) is 17.1. The van der Waals surface area contributed by atoms with Crippen LogP contribution in [0.2, 0.25) is 0 Å². The lowest BCUT2D eigenvalue weighted by Crippen LogP contribution is -2.37. The average Bonchev–Trinajstić information content (AvgIpc) is 2.89. The Hall–Kier alpha value is -3.15. The molecule has 0 spiro atoms. The van der Waals surface area contributed by atoms with Crippen LogP contribution in [0.4, 0.5) is 5.69 Å². The number of nitrogens with zero attached hydrogens (tertiary/aromatic N) is 4. The van der Waals surface area contributed by atoms with Crippen LogP contribution in [-0.4, -0.2) is 40.7 Å². The molecule has 2 aromatic carbocycles. The second-order valence-electron chi connectivity index (χ2n) is 8.05. The number of likely N-dealkylation sites (N-methyl/N-ethyl adjacent to an activating group) is 1. The van der Waals surface area contributed by atoms with Crippen LogP contribution in [-0.2, 0) is 13.1 Å². The summed E-state index contributed by atoms with van der Waals surface area (Å²) in [5, 5.41) is 5.68. The van der Waals surface area contributed by atoms with Crippen molar-refractivity contribution in [1.29, 1.82) is 0 Å². The monoisotopic (exact) mass is 390 g/mol. The second-order valence-corrected chi connectivity index (χ2v) is 8.05. The van der Waals surface area contributed by atoms with Gasteiger partial charge in [0.2, 0.25) is 0 Å². The van der Waals surface area contributed by atoms with Gasteiger partial charge in [-0.1, -0.05) is 50.2 Å². The van der Waals surface area contributed by atoms with E-state index in [2.05, 4.69) is 22.1 Å². The number of anilines is 1. The summed E-state index contributed by atoms with van der Waals surface area (Å²) < 4.78 is 1.44. The molecule has 0 atom stereocenters. The van der Waals surface area contributed by atoms with Crippen LogP contribution >= 0.6 is 0 Å². The normalized spacial score (nSPS) is 14.2. The van der Waals surface area contributed by atoms with Gasteiger partial charge in [0, 0.05) is 44.3 Å². The Kier molecular flexibility index (Phi) is 5.09. The third-order valence-corrected chi connectivity index (χ3v) is 5.37. The van der Waals surface area contributed by atoms with Gasteiger partial charge in [0.15, 0.2) is 5.69 Å². The summed E-state index contributed by atoms with van der Waals surface area (Å²) in [5.41, 5.74) is 2.46. The molecule has 29 heavy (non-hydrogen) atoms. The predicted octanol–water partition coefficient (Wildman–Crippen LogP) is 3.14. The summed E-state index contributed by atoms with van der Waals surface area (Å²) in [6.07, 6.45) is 0. The Morgan fingerprint density at radius 3 is 2.48 bits per heavy atom. The molecule has 1 amide bonds. The van der Waals surface area contributed by atoms with E-state index in [1.54, 1.807) is 6.07 Å². The van der Waals surface area contributed by atoms with Gasteiger partial charge < -0.3 is 9.80 Å². The molecular weight excluding hydrogens is 364 g/mol. The van der Waals surface area contributed by atoms with Gasteiger partial charge in [0.05, 0.1) is 5.39 Å². The highest BCUT2D eigenvalue weighted by atomic mass is 16.2. The van der Waals surface area contributed by atoms with E-state index in [1.165, 1.54) is 4.68 Å². The standard InChI is InChI=1S/C23H26N4O2/c1-16(2)14-27-22(28)19-10-6-5-9-18(19)21(24-27)23(29)26-13-12-25(3)20-11-7-4-8-17(20)15-26/h4-11,16H,12-15H2,1-3H3. The van der Waals surface area contributed by atoms with Gasteiger partial charge in [-0.15, -0.1) is 0 Å². The van der Waals surface area contributed by atoms with E-state index in [1.807, 2.05) is 56.1 Å². The van der Waals surface area contributed by atoms with E-state index >= 15 is 0 Å². The maximum absolute atomic E-state index is 13.6. The van der Waals surface area contributed by atoms with Crippen LogP contribution in [0.1, 0.15) is 29.9 Å². The molecular formula is C23H26N4O2. The molecule has 0 radical (unpaired) electrons. The summed E-state index contributed by atoms with van der Waals surface area (Å²) >= 11 is 0. The van der Waals surface area contributed by atoms with Crippen LogP contribution in [0, 0.1) is 5.92 Å². The Balaban J connectivity index is 1.79. The van der Waals surface area contributed by atoms with Gasteiger partial charge in [0.1, 0.15) is 0 Å². The van der Waals surface area contributed by atoms with E-state index in [9.17, 15) is 9.59 Å². The number of benzene rings is 2. The van der Waals surface area contributed by atoms with Gasteiger partial charge in [0.25, 0.3) is 11.5 Å². The molecule has 6 heteroatoms. The maximum atomic E-state index is 13.6. The van der Waals surface area contributed by atoms with Gasteiger partial charge in [-0.2, -0.15) is 5.10 Å². The topological polar surface area (TPSA) is 58.4 Å². The first-order valence-corrected chi connectivity index (χ1v) is 10.0. The van der Waals surface area contributed by atoms with E-state index in [0.29, 0.717) is 36.1 Å². The minimum atomic E-state index is -0.146. The lowest BCUT2D eigenvalue weighted by Gasteiger charge is -2.22. The molecule has 6 nitrogen and oxygen atoms in total. The number of carbonyl (C=O) groups excluding carboxylic acids is 1. The fourth-order valence-electron chi connectivity index (χ4n) is 3.88. The van der Waals surface area contributed by atoms with Crippen molar-refractivity contribution in [3.05, 3.63) is 70.1 Å². The predicted molar refractivity (Wildman–Crippen MR) is 115 cm³/mol. The van der Waals surface area contributed by atoms with Crippen LogP contribution in [0.3, 0.4) is 0 Å². The largest absolute Gasteiger partial charge is 0.373 e. The number of hydrogen-bond acceptors (Lipinski definition) is 4. The number of rotatable bonds is 3. The van der Waals surface area contributed by atoms with Gasteiger partial charge in [-0.3, -0.25) is 9.59 Å². The molecule has 2 heterocycles. The lowest BCUT2D eigenvalue weighted by molar-refractivity contribution is 0.0745. The number of aromatic nitrogens is 2. The number of fused-ring (bicyclic) bond motifs is 2. The quantitative estimate of drug-likeness (QED) is 0.689. The summed E-state index contributed by atoms with van der Waals surface area (Å²) in [5.74, 6) is 0.117. The van der Waals surface area contributed by atoms with Crippen LogP contribution < -0.4 is 10.5 Å². The summed E-state index contributed by atoms with van der Waals surface area (Å²) in [7, 11) is 2.04. The molecule has 1 aliphatic heterocycles. The molecule has 1 aliphatic rings. The number of hydrogen-bond donors (Lipinski definition) is 0. The van der Waals surface area contributed by atoms with E-state index in [4.69, 9.17) is 0 Å². The highest BCUT2D eigenvalue weighted by Gasteiger charge is 2.25. The first kappa shape index (κ1) is 19.2. The van der Waals surface area contributed by atoms with E-state index < -0.39 is 0 Å². The van der Waals surface area contributed by atoms with Crippen LogP contribution in [0.15, 0.2) is 53.3 Å². The molecule has 0 bridgehead atoms. The van der Waals surface area contributed by atoms with Crippen molar-refractivity contribution in [2.45, 2.75) is 26.9 Å².